The van der Waals surface area contributed by atoms with Gasteiger partial charge in [0.15, 0.2) is 11.4 Å². The molecule has 0 unspecified atom stereocenters. The van der Waals surface area contributed by atoms with Crippen LogP contribution >= 0.6 is 0 Å². The molecule has 0 atom stereocenters. The quantitative estimate of drug-likeness (QED) is 0.666. The number of carbonyl (C=O) groups excluding carboxylic acids is 1. The van der Waals surface area contributed by atoms with Crippen LogP contribution in [0.25, 0.3) is 10.9 Å². The van der Waals surface area contributed by atoms with E-state index < -0.39 is 17.6 Å². The molecule has 0 aliphatic heterocycles. The maximum atomic E-state index is 12.1. The number of nitrogens with zero attached hydrogens (tertiary/aromatic N) is 3. The number of hydrogen-bond donors (Lipinski definition) is 3. The van der Waals surface area contributed by atoms with Gasteiger partial charge in [-0.15, -0.1) is 0 Å². The molecule has 8 nitrogen and oxygen atoms in total. The minimum Gasteiger partial charge on any atom is -0.476 e. The molecule has 104 valence electrons. The molecule has 21 heavy (non-hydrogen) atoms. The summed E-state index contributed by atoms with van der Waals surface area (Å²) in [5, 5.41) is 19.1. The molecule has 0 aliphatic carbocycles. The monoisotopic (exact) mass is 283 g/mol. The van der Waals surface area contributed by atoms with Gasteiger partial charge in [-0.25, -0.2) is 14.8 Å². The highest BCUT2D eigenvalue weighted by molar-refractivity contribution is 6.08. The van der Waals surface area contributed by atoms with Crippen LogP contribution in [0.1, 0.15) is 21.0 Å². The summed E-state index contributed by atoms with van der Waals surface area (Å²) < 4.78 is 0. The number of H-pyrrole nitrogens is 1. The number of aromatic amines is 1. The Morgan fingerprint density at radius 1 is 1.14 bits per heavy atom. The molecule has 8 heteroatoms. The molecule has 0 fully saturated rings. The molecule has 0 radical (unpaired) electrons. The lowest BCUT2D eigenvalue weighted by Crippen LogP contribution is -2.19. The molecule has 2 heterocycles. The van der Waals surface area contributed by atoms with Crippen molar-refractivity contribution in [2.24, 2.45) is 0 Å². The van der Waals surface area contributed by atoms with E-state index in [9.17, 15) is 9.59 Å². The standard InChI is InChI=1S/C13H9N5O3/c19-12(10-11(13(20)21)15-4-3-14-10)17-8-2-1-7-6-16-18-9(7)5-8/h1-6H,(H,16,18)(H,17,19)(H,20,21). The minimum atomic E-state index is -1.31. The van der Waals surface area contributed by atoms with E-state index >= 15 is 0 Å². The van der Waals surface area contributed by atoms with Crippen molar-refractivity contribution < 1.29 is 14.7 Å². The highest BCUT2D eigenvalue weighted by atomic mass is 16.4. The summed E-state index contributed by atoms with van der Waals surface area (Å²) in [6, 6.07) is 5.16. The van der Waals surface area contributed by atoms with Crippen molar-refractivity contribution in [3.05, 3.63) is 48.2 Å². The van der Waals surface area contributed by atoms with E-state index in [1.54, 1.807) is 24.4 Å². The van der Waals surface area contributed by atoms with Gasteiger partial charge in [0.05, 0.1) is 11.7 Å². The first-order valence-electron chi connectivity index (χ1n) is 5.94. The third kappa shape index (κ3) is 2.41. The molecule has 2 aromatic heterocycles. The molecule has 0 aliphatic rings. The molecule has 0 saturated heterocycles. The van der Waals surface area contributed by atoms with Crippen LogP contribution in [-0.2, 0) is 0 Å². The summed E-state index contributed by atoms with van der Waals surface area (Å²) >= 11 is 0. The van der Waals surface area contributed by atoms with Crippen LogP contribution < -0.4 is 5.32 Å². The lowest BCUT2D eigenvalue weighted by Gasteiger charge is -2.06. The van der Waals surface area contributed by atoms with Crippen LogP contribution in [0.5, 0.6) is 0 Å². The fraction of sp³-hybridized carbons (Fsp3) is 0. The number of amides is 1. The van der Waals surface area contributed by atoms with E-state index in [1.165, 1.54) is 12.4 Å². The summed E-state index contributed by atoms with van der Waals surface area (Å²) in [5.41, 5.74) is 0.622. The third-order valence-electron chi connectivity index (χ3n) is 2.82. The highest BCUT2D eigenvalue weighted by Crippen LogP contribution is 2.17. The number of hydrogen-bond acceptors (Lipinski definition) is 5. The molecule has 0 spiro atoms. The number of aromatic carboxylic acids is 1. The van der Waals surface area contributed by atoms with Crippen LogP contribution in [0.4, 0.5) is 5.69 Å². The summed E-state index contributed by atoms with van der Waals surface area (Å²) in [6.45, 7) is 0. The summed E-state index contributed by atoms with van der Waals surface area (Å²) in [4.78, 5) is 30.6. The summed E-state index contributed by atoms with van der Waals surface area (Å²) in [7, 11) is 0. The van der Waals surface area contributed by atoms with Gasteiger partial charge >= 0.3 is 5.97 Å². The number of rotatable bonds is 3. The van der Waals surface area contributed by atoms with Gasteiger partial charge in [-0.2, -0.15) is 5.10 Å². The predicted molar refractivity (Wildman–Crippen MR) is 73.0 cm³/mol. The van der Waals surface area contributed by atoms with Gasteiger partial charge in [-0.1, -0.05) is 0 Å². The zero-order valence-electron chi connectivity index (χ0n) is 10.6. The lowest BCUT2D eigenvalue weighted by molar-refractivity contribution is 0.0685. The van der Waals surface area contributed by atoms with Crippen molar-refractivity contribution in [1.82, 2.24) is 20.2 Å². The number of fused-ring (bicyclic) bond motifs is 1. The normalized spacial score (nSPS) is 10.5. The maximum Gasteiger partial charge on any atom is 0.356 e. The number of anilines is 1. The fourth-order valence-corrected chi connectivity index (χ4v) is 1.87. The molecular formula is C13H9N5O3. The first-order chi connectivity index (χ1) is 10.1. The van der Waals surface area contributed by atoms with Gasteiger partial charge in [-0.05, 0) is 18.2 Å². The topological polar surface area (TPSA) is 121 Å². The fourth-order valence-electron chi connectivity index (χ4n) is 1.87. The molecule has 0 saturated carbocycles. The number of benzene rings is 1. The van der Waals surface area contributed by atoms with Gasteiger partial charge in [0.1, 0.15) is 0 Å². The number of aromatic nitrogens is 4. The summed E-state index contributed by atoms with van der Waals surface area (Å²) in [6.07, 6.45) is 4.14. The van der Waals surface area contributed by atoms with E-state index in [4.69, 9.17) is 5.11 Å². The minimum absolute atomic E-state index is 0.241. The zero-order chi connectivity index (χ0) is 14.8. The predicted octanol–water partition coefficient (Wildman–Crippen LogP) is 1.30. The van der Waals surface area contributed by atoms with Gasteiger partial charge < -0.3 is 10.4 Å². The number of carbonyl (C=O) groups is 2. The Balaban J connectivity index is 1.91. The highest BCUT2D eigenvalue weighted by Gasteiger charge is 2.19. The van der Waals surface area contributed by atoms with Crippen molar-refractivity contribution in [1.29, 1.82) is 0 Å². The van der Waals surface area contributed by atoms with Crippen LogP contribution in [-0.4, -0.2) is 37.1 Å². The second kappa shape index (κ2) is 5.00. The second-order valence-electron chi connectivity index (χ2n) is 4.18. The molecule has 3 rings (SSSR count). The van der Waals surface area contributed by atoms with Crippen molar-refractivity contribution in [2.75, 3.05) is 5.32 Å². The zero-order valence-corrected chi connectivity index (χ0v) is 10.6. The van der Waals surface area contributed by atoms with Crippen LogP contribution in [0.3, 0.4) is 0 Å². The molecule has 1 aromatic carbocycles. The third-order valence-corrected chi connectivity index (χ3v) is 2.82. The van der Waals surface area contributed by atoms with Crippen molar-refractivity contribution in [2.45, 2.75) is 0 Å². The smallest absolute Gasteiger partial charge is 0.356 e. The molecule has 1 amide bonds. The van der Waals surface area contributed by atoms with Gasteiger partial charge in [0, 0.05) is 23.5 Å². The van der Waals surface area contributed by atoms with Crippen molar-refractivity contribution >= 4 is 28.5 Å². The number of carboxylic acids is 1. The SMILES string of the molecule is O=C(O)c1nccnc1C(=O)Nc1ccc2cn[nH]c2c1. The van der Waals surface area contributed by atoms with E-state index in [2.05, 4.69) is 25.5 Å². The molecule has 3 N–H and O–H groups in total. The van der Waals surface area contributed by atoms with E-state index in [0.717, 1.165) is 10.9 Å². The summed E-state index contributed by atoms with van der Waals surface area (Å²) in [5.74, 6) is -1.95. The first-order valence-corrected chi connectivity index (χ1v) is 5.94. The molecular weight excluding hydrogens is 274 g/mol. The average molecular weight is 283 g/mol. The van der Waals surface area contributed by atoms with Crippen molar-refractivity contribution in [3.63, 3.8) is 0 Å². The van der Waals surface area contributed by atoms with Gasteiger partial charge in [-0.3, -0.25) is 9.89 Å². The Kier molecular flexibility index (Phi) is 3.03. The lowest BCUT2D eigenvalue weighted by atomic mass is 10.2. The van der Waals surface area contributed by atoms with Crippen LogP contribution in [0.15, 0.2) is 36.8 Å². The molecule has 0 bridgehead atoms. The van der Waals surface area contributed by atoms with E-state index in [0.29, 0.717) is 5.69 Å². The van der Waals surface area contributed by atoms with Crippen molar-refractivity contribution in [3.8, 4) is 0 Å². The van der Waals surface area contributed by atoms with E-state index in [1.807, 2.05) is 0 Å². The van der Waals surface area contributed by atoms with Gasteiger partial charge in [0.2, 0.25) is 0 Å². The average Bonchev–Trinajstić information content (AvgIpc) is 2.94. The Bertz CT molecular complexity index is 842. The first kappa shape index (κ1) is 12.7. The Hall–Kier alpha value is -3.29. The Labute approximate surface area is 117 Å². The number of carboxylic acid groups (broad SMARTS) is 1. The van der Waals surface area contributed by atoms with Crippen LogP contribution in [0, 0.1) is 0 Å². The Morgan fingerprint density at radius 2 is 1.90 bits per heavy atom. The Morgan fingerprint density at radius 3 is 2.67 bits per heavy atom. The van der Waals surface area contributed by atoms with Crippen LogP contribution in [0.2, 0.25) is 0 Å². The molecule has 3 aromatic rings. The van der Waals surface area contributed by atoms with Gasteiger partial charge in [0.25, 0.3) is 5.91 Å². The van der Waals surface area contributed by atoms with E-state index in [-0.39, 0.29) is 5.69 Å². The number of nitrogens with one attached hydrogen (secondary N) is 2. The largest absolute Gasteiger partial charge is 0.476 e. The second-order valence-corrected chi connectivity index (χ2v) is 4.18. The maximum absolute atomic E-state index is 12.1.